The summed E-state index contributed by atoms with van der Waals surface area (Å²) >= 11 is 6.12. The average Bonchev–Trinajstić information content (AvgIpc) is 2.46. The van der Waals surface area contributed by atoms with Gasteiger partial charge < -0.3 is 42.9 Å². The zero-order valence-electron chi connectivity index (χ0n) is 13.2. The number of aromatic nitrogens is 1. The molecule has 1 heterocycles. The minimum atomic E-state index is 0. The van der Waals surface area contributed by atoms with Crippen molar-refractivity contribution in [2.24, 2.45) is 0 Å². The molecule has 7 heteroatoms. The van der Waals surface area contributed by atoms with Gasteiger partial charge in [-0.25, -0.2) is 0 Å². The third kappa shape index (κ3) is 10.7. The van der Waals surface area contributed by atoms with Gasteiger partial charge in [0.05, 0.1) is 39.6 Å². The van der Waals surface area contributed by atoms with Gasteiger partial charge in [-0.1, -0.05) is 0 Å². The normalized spacial score (nSPS) is 10.5. The molecule has 0 aliphatic carbocycles. The fourth-order valence-electron chi connectivity index (χ4n) is 1.63. The van der Waals surface area contributed by atoms with E-state index in [-0.39, 0.29) is 24.0 Å². The first-order chi connectivity index (χ1) is 10.2. The summed E-state index contributed by atoms with van der Waals surface area (Å²) in [5, 5.41) is 0.725. The number of rotatable bonds is 12. The van der Waals surface area contributed by atoms with Crippen LogP contribution in [0.3, 0.4) is 0 Å². The molecule has 0 atom stereocenters. The number of halogens is 2. The molecule has 0 amide bonds. The van der Waals surface area contributed by atoms with Crippen molar-refractivity contribution < 1.29 is 47.5 Å². The van der Waals surface area contributed by atoms with Crippen LogP contribution in [-0.4, -0.2) is 53.4 Å². The molecule has 0 saturated carbocycles. The second-order valence-corrected chi connectivity index (χ2v) is 4.94. The molecule has 0 unspecified atom stereocenters. The molecule has 0 fully saturated rings. The number of aryl methyl sites for hydroxylation is 1. The van der Waals surface area contributed by atoms with E-state index in [0.717, 1.165) is 17.3 Å². The molecule has 5 nitrogen and oxygen atoms in total. The Morgan fingerprint density at radius 2 is 1.50 bits per heavy atom. The molecule has 1 rings (SSSR count). The van der Waals surface area contributed by atoms with E-state index in [1.54, 1.807) is 7.11 Å². The number of hydrogen-bond donors (Lipinski definition) is 0. The van der Waals surface area contributed by atoms with E-state index in [4.69, 9.17) is 30.5 Å². The van der Waals surface area contributed by atoms with Crippen LogP contribution in [0.2, 0.25) is 5.15 Å². The van der Waals surface area contributed by atoms with Crippen molar-refractivity contribution in [3.8, 4) is 0 Å². The second kappa shape index (κ2) is 14.6. The van der Waals surface area contributed by atoms with E-state index in [0.29, 0.717) is 46.2 Å². The smallest absolute Gasteiger partial charge is 0.275 e. The van der Waals surface area contributed by atoms with Gasteiger partial charge in [0.2, 0.25) is 0 Å². The molecular weight excluding hydrogens is 421 g/mol. The fourth-order valence-corrected chi connectivity index (χ4v) is 1.94. The van der Waals surface area contributed by atoms with E-state index >= 15 is 0 Å². The molecule has 1 aromatic heterocycles. The van der Waals surface area contributed by atoms with Gasteiger partial charge in [0.1, 0.15) is 6.61 Å². The van der Waals surface area contributed by atoms with Crippen molar-refractivity contribution in [1.82, 2.24) is 0 Å². The maximum Gasteiger partial charge on any atom is 0.275 e. The number of ether oxygens (including phenoxy) is 4. The van der Waals surface area contributed by atoms with Crippen molar-refractivity contribution in [2.75, 3.05) is 53.4 Å². The van der Waals surface area contributed by atoms with Crippen molar-refractivity contribution in [3.63, 3.8) is 0 Å². The topological polar surface area (TPSA) is 40.8 Å². The summed E-state index contributed by atoms with van der Waals surface area (Å²) in [5.74, 6) is 0. The van der Waals surface area contributed by atoms with Gasteiger partial charge in [-0.2, -0.15) is 4.57 Å². The third-order valence-corrected chi connectivity index (χ3v) is 3.12. The summed E-state index contributed by atoms with van der Waals surface area (Å²) in [7, 11) is 1.65. The standard InChI is InChI=1S/C15H25ClNO4.HI/c1-14-3-4-17(15(16)13-14)5-6-19-9-10-21-12-11-20-8-7-18-2;/h3-4,13H,5-12H2,1-2H3;1H/q+1;/p-1. The highest BCUT2D eigenvalue weighted by Crippen LogP contribution is 2.03. The summed E-state index contributed by atoms with van der Waals surface area (Å²) < 4.78 is 23.0. The number of methoxy groups -OCH3 is 1. The highest BCUT2D eigenvalue weighted by Gasteiger charge is 2.07. The van der Waals surface area contributed by atoms with Gasteiger partial charge in [0, 0.05) is 19.2 Å². The third-order valence-electron chi connectivity index (χ3n) is 2.79. The Hall–Kier alpha value is 0.0100. The Balaban J connectivity index is 0.00000441. The number of nitrogens with zero attached hydrogens (tertiary/aromatic N) is 1. The summed E-state index contributed by atoms with van der Waals surface area (Å²) in [6.07, 6.45) is 1.97. The Labute approximate surface area is 154 Å². The fraction of sp³-hybridized carbons (Fsp3) is 0.667. The SMILES string of the molecule is COCCOCCOCCOCC[n+]1ccc(C)cc1Cl.[I-]. The summed E-state index contributed by atoms with van der Waals surface area (Å²) in [4.78, 5) is 0. The maximum atomic E-state index is 6.12. The number of pyridine rings is 1. The predicted molar refractivity (Wildman–Crippen MR) is 80.7 cm³/mol. The van der Waals surface area contributed by atoms with Crippen LogP contribution in [-0.2, 0) is 25.5 Å². The summed E-state index contributed by atoms with van der Waals surface area (Å²) in [6.45, 7) is 6.88. The Kier molecular flexibility index (Phi) is 14.6. The van der Waals surface area contributed by atoms with E-state index in [2.05, 4.69) is 0 Å². The van der Waals surface area contributed by atoms with Gasteiger partial charge >= 0.3 is 0 Å². The molecule has 128 valence electrons. The van der Waals surface area contributed by atoms with Crippen LogP contribution < -0.4 is 28.5 Å². The van der Waals surface area contributed by atoms with Crippen LogP contribution in [0.15, 0.2) is 18.3 Å². The first-order valence-corrected chi connectivity index (χ1v) is 7.49. The predicted octanol–water partition coefficient (Wildman–Crippen LogP) is -1.36. The lowest BCUT2D eigenvalue weighted by Gasteiger charge is -2.06. The molecule has 0 spiro atoms. The van der Waals surface area contributed by atoms with Gasteiger partial charge in [-0.05, 0) is 24.1 Å². The van der Waals surface area contributed by atoms with E-state index in [9.17, 15) is 0 Å². The molecule has 1 aromatic rings. The monoisotopic (exact) mass is 445 g/mol. The van der Waals surface area contributed by atoms with Crippen LogP contribution in [0.25, 0.3) is 0 Å². The largest absolute Gasteiger partial charge is 1.00 e. The molecule has 0 aliphatic rings. The van der Waals surface area contributed by atoms with Gasteiger partial charge in [0.25, 0.3) is 5.15 Å². The summed E-state index contributed by atoms with van der Waals surface area (Å²) in [6, 6.07) is 3.97. The van der Waals surface area contributed by atoms with Gasteiger partial charge in [-0.3, -0.25) is 0 Å². The van der Waals surface area contributed by atoms with E-state index in [1.807, 2.05) is 29.8 Å². The van der Waals surface area contributed by atoms with Crippen LogP contribution in [0.1, 0.15) is 5.56 Å². The lowest BCUT2D eigenvalue weighted by Crippen LogP contribution is -3.00. The first-order valence-electron chi connectivity index (χ1n) is 7.12. The quantitative estimate of drug-likeness (QED) is 0.172. The van der Waals surface area contributed by atoms with Crippen LogP contribution in [0.4, 0.5) is 0 Å². The minimum Gasteiger partial charge on any atom is -1.00 e. The molecule has 0 radical (unpaired) electrons. The summed E-state index contributed by atoms with van der Waals surface area (Å²) in [5.41, 5.74) is 1.15. The zero-order valence-corrected chi connectivity index (χ0v) is 16.1. The lowest BCUT2D eigenvalue weighted by atomic mass is 10.3. The Morgan fingerprint density at radius 3 is 2.05 bits per heavy atom. The van der Waals surface area contributed by atoms with Crippen molar-refractivity contribution >= 4 is 11.6 Å². The highest BCUT2D eigenvalue weighted by molar-refractivity contribution is 6.28. The molecular formula is C15H25ClINO4. The molecule has 0 aliphatic heterocycles. The molecule has 0 saturated heterocycles. The second-order valence-electron chi connectivity index (χ2n) is 4.55. The average molecular weight is 446 g/mol. The molecule has 22 heavy (non-hydrogen) atoms. The van der Waals surface area contributed by atoms with Gasteiger partial charge in [0.15, 0.2) is 12.7 Å². The van der Waals surface area contributed by atoms with Crippen molar-refractivity contribution in [1.29, 1.82) is 0 Å². The zero-order chi connectivity index (χ0) is 15.3. The van der Waals surface area contributed by atoms with Crippen molar-refractivity contribution in [3.05, 3.63) is 29.0 Å². The van der Waals surface area contributed by atoms with Crippen LogP contribution in [0.5, 0.6) is 0 Å². The van der Waals surface area contributed by atoms with Crippen LogP contribution in [0, 0.1) is 6.92 Å². The molecule has 0 N–H and O–H groups in total. The Morgan fingerprint density at radius 1 is 0.955 bits per heavy atom. The molecule has 0 bridgehead atoms. The molecule has 0 aromatic carbocycles. The van der Waals surface area contributed by atoms with E-state index in [1.165, 1.54) is 0 Å². The lowest BCUT2D eigenvalue weighted by molar-refractivity contribution is -0.696. The Bertz CT molecular complexity index is 396. The minimum absolute atomic E-state index is 0. The highest BCUT2D eigenvalue weighted by atomic mass is 127. The van der Waals surface area contributed by atoms with E-state index < -0.39 is 0 Å². The van der Waals surface area contributed by atoms with Gasteiger partial charge in [-0.15, -0.1) is 0 Å². The first kappa shape index (κ1) is 22.0. The van der Waals surface area contributed by atoms with Crippen LogP contribution >= 0.6 is 11.6 Å². The van der Waals surface area contributed by atoms with Crippen molar-refractivity contribution in [2.45, 2.75) is 13.5 Å². The number of hydrogen-bond acceptors (Lipinski definition) is 4. The maximum absolute atomic E-state index is 6.12.